The summed E-state index contributed by atoms with van der Waals surface area (Å²) in [6.45, 7) is 2.09. The van der Waals surface area contributed by atoms with E-state index in [4.69, 9.17) is 4.74 Å². The van der Waals surface area contributed by atoms with E-state index in [-0.39, 0.29) is 5.97 Å². The van der Waals surface area contributed by atoms with E-state index in [2.05, 4.69) is 21.5 Å². The Morgan fingerprint density at radius 3 is 2.76 bits per heavy atom. The second-order valence-electron chi connectivity index (χ2n) is 4.98. The zero-order chi connectivity index (χ0) is 17.8. The number of hydrogen-bond donors (Lipinski definition) is 1. The number of hydrogen-bond acceptors (Lipinski definition) is 7. The standard InChI is InChI=1S/C17H15N5O2S/c1-3-24-17(23)11-4-6-12(7-5-11)20-15-13(10-18)16(25-2)21-14-8-9-19-22(14)15/h4-9,20H,3H2,1-2H3. The molecule has 1 N–H and O–H groups in total. The number of esters is 1. The molecule has 0 radical (unpaired) electrons. The quantitative estimate of drug-likeness (QED) is 0.427. The first-order valence-electron chi connectivity index (χ1n) is 7.54. The Morgan fingerprint density at radius 2 is 2.12 bits per heavy atom. The molecule has 1 aromatic carbocycles. The fourth-order valence-corrected chi connectivity index (χ4v) is 2.86. The van der Waals surface area contributed by atoms with Crippen LogP contribution >= 0.6 is 11.8 Å². The molecule has 25 heavy (non-hydrogen) atoms. The van der Waals surface area contributed by atoms with Crippen molar-refractivity contribution in [3.8, 4) is 6.07 Å². The van der Waals surface area contributed by atoms with Gasteiger partial charge in [0.1, 0.15) is 16.7 Å². The van der Waals surface area contributed by atoms with E-state index < -0.39 is 0 Å². The number of carbonyl (C=O) groups excluding carboxylic acids is 1. The third kappa shape index (κ3) is 3.27. The van der Waals surface area contributed by atoms with Crippen molar-refractivity contribution in [3.05, 3.63) is 47.7 Å². The topological polar surface area (TPSA) is 92.3 Å². The SMILES string of the molecule is CCOC(=O)c1ccc(Nc2c(C#N)c(SC)nc3ccnn23)cc1. The van der Waals surface area contributed by atoms with Crippen molar-refractivity contribution in [2.24, 2.45) is 0 Å². The molecule has 0 aliphatic heterocycles. The summed E-state index contributed by atoms with van der Waals surface area (Å²) in [6, 6.07) is 10.8. The molecule has 0 saturated heterocycles. The van der Waals surface area contributed by atoms with E-state index in [1.165, 1.54) is 11.8 Å². The molecule has 3 rings (SSSR count). The molecule has 3 aromatic rings. The zero-order valence-electron chi connectivity index (χ0n) is 13.7. The second-order valence-corrected chi connectivity index (χ2v) is 5.78. The maximum Gasteiger partial charge on any atom is 0.338 e. The van der Waals surface area contributed by atoms with Gasteiger partial charge in [0, 0.05) is 11.8 Å². The van der Waals surface area contributed by atoms with Gasteiger partial charge in [-0.05, 0) is 37.4 Å². The molecule has 7 nitrogen and oxygen atoms in total. The Bertz CT molecular complexity index is 960. The molecule has 0 aliphatic carbocycles. The van der Waals surface area contributed by atoms with Crippen molar-refractivity contribution in [1.29, 1.82) is 5.26 Å². The molecule has 0 bridgehead atoms. The van der Waals surface area contributed by atoms with Gasteiger partial charge in [0.05, 0.1) is 18.4 Å². The maximum atomic E-state index is 11.7. The number of anilines is 2. The maximum absolute atomic E-state index is 11.7. The summed E-state index contributed by atoms with van der Waals surface area (Å²) >= 11 is 1.40. The molecule has 0 unspecified atom stereocenters. The third-order valence-electron chi connectivity index (χ3n) is 3.47. The minimum absolute atomic E-state index is 0.329. The van der Waals surface area contributed by atoms with Crippen LogP contribution in [0, 0.1) is 11.3 Å². The molecule has 0 amide bonds. The van der Waals surface area contributed by atoms with Crippen molar-refractivity contribution in [1.82, 2.24) is 14.6 Å². The number of nitriles is 1. The monoisotopic (exact) mass is 353 g/mol. The summed E-state index contributed by atoms with van der Waals surface area (Å²) in [7, 11) is 0. The average molecular weight is 353 g/mol. The van der Waals surface area contributed by atoms with E-state index in [9.17, 15) is 10.1 Å². The second kappa shape index (κ2) is 7.23. The lowest BCUT2D eigenvalue weighted by Crippen LogP contribution is -2.07. The van der Waals surface area contributed by atoms with Crippen molar-refractivity contribution in [3.63, 3.8) is 0 Å². The van der Waals surface area contributed by atoms with Crippen LogP contribution in [0.4, 0.5) is 11.5 Å². The van der Waals surface area contributed by atoms with Crippen LogP contribution in [0.5, 0.6) is 0 Å². The molecular weight excluding hydrogens is 338 g/mol. The Labute approximate surface area is 148 Å². The first kappa shape index (κ1) is 16.8. The number of thioether (sulfide) groups is 1. The van der Waals surface area contributed by atoms with Crippen LogP contribution in [-0.2, 0) is 4.74 Å². The molecular formula is C17H15N5O2S. The number of rotatable bonds is 5. The van der Waals surface area contributed by atoms with Crippen LogP contribution in [0.2, 0.25) is 0 Å². The average Bonchev–Trinajstić information content (AvgIpc) is 3.10. The number of carbonyl (C=O) groups is 1. The highest BCUT2D eigenvalue weighted by Crippen LogP contribution is 2.28. The van der Waals surface area contributed by atoms with E-state index in [1.807, 2.05) is 6.26 Å². The van der Waals surface area contributed by atoms with Crippen molar-refractivity contribution >= 4 is 34.9 Å². The van der Waals surface area contributed by atoms with Gasteiger partial charge in [-0.1, -0.05) is 0 Å². The predicted octanol–water partition coefficient (Wildman–Crippen LogP) is 3.24. The smallest absolute Gasteiger partial charge is 0.338 e. The lowest BCUT2D eigenvalue weighted by Gasteiger charge is -2.12. The largest absolute Gasteiger partial charge is 0.462 e. The summed E-state index contributed by atoms with van der Waals surface area (Å²) in [6.07, 6.45) is 3.50. The Kier molecular flexibility index (Phi) is 4.86. The minimum Gasteiger partial charge on any atom is -0.462 e. The van der Waals surface area contributed by atoms with Crippen LogP contribution < -0.4 is 5.32 Å². The molecule has 0 spiro atoms. The lowest BCUT2D eigenvalue weighted by atomic mass is 10.2. The molecule has 2 heterocycles. The minimum atomic E-state index is -0.366. The van der Waals surface area contributed by atoms with Crippen LogP contribution in [0.15, 0.2) is 41.6 Å². The zero-order valence-corrected chi connectivity index (χ0v) is 14.5. The lowest BCUT2D eigenvalue weighted by molar-refractivity contribution is 0.0526. The van der Waals surface area contributed by atoms with Gasteiger partial charge < -0.3 is 10.1 Å². The van der Waals surface area contributed by atoms with Gasteiger partial charge in [0.2, 0.25) is 0 Å². The van der Waals surface area contributed by atoms with Crippen LogP contribution in [0.1, 0.15) is 22.8 Å². The van der Waals surface area contributed by atoms with Crippen LogP contribution in [-0.4, -0.2) is 33.4 Å². The summed E-state index contributed by atoms with van der Waals surface area (Å²) < 4.78 is 6.55. The number of fused-ring (bicyclic) bond motifs is 1. The van der Waals surface area contributed by atoms with Gasteiger partial charge >= 0.3 is 5.97 Å². The van der Waals surface area contributed by atoms with E-state index in [1.54, 1.807) is 48.0 Å². The molecule has 0 aliphatic rings. The molecule has 126 valence electrons. The highest BCUT2D eigenvalue weighted by Gasteiger charge is 2.16. The van der Waals surface area contributed by atoms with Gasteiger partial charge in [-0.25, -0.2) is 9.78 Å². The Hall–Kier alpha value is -3.05. The summed E-state index contributed by atoms with van der Waals surface area (Å²) in [5.41, 5.74) is 2.25. The fourth-order valence-electron chi connectivity index (χ4n) is 2.33. The van der Waals surface area contributed by atoms with Crippen molar-refractivity contribution in [2.45, 2.75) is 11.9 Å². The first-order chi connectivity index (χ1) is 12.2. The van der Waals surface area contributed by atoms with Gasteiger partial charge in [-0.3, -0.25) is 0 Å². The molecule has 0 fully saturated rings. The fraction of sp³-hybridized carbons (Fsp3) is 0.176. The molecule has 2 aromatic heterocycles. The van der Waals surface area contributed by atoms with Gasteiger partial charge in [-0.2, -0.15) is 14.9 Å². The van der Waals surface area contributed by atoms with Crippen molar-refractivity contribution in [2.75, 3.05) is 18.2 Å². The molecule has 0 saturated carbocycles. The van der Waals surface area contributed by atoms with Gasteiger partial charge in [0.15, 0.2) is 11.5 Å². The third-order valence-corrected chi connectivity index (χ3v) is 4.15. The number of ether oxygens (including phenoxy) is 1. The summed E-state index contributed by atoms with van der Waals surface area (Å²) in [4.78, 5) is 16.2. The number of nitrogens with zero attached hydrogens (tertiary/aromatic N) is 4. The Morgan fingerprint density at radius 1 is 1.36 bits per heavy atom. The highest BCUT2D eigenvalue weighted by atomic mass is 32.2. The highest BCUT2D eigenvalue weighted by molar-refractivity contribution is 7.98. The predicted molar refractivity (Wildman–Crippen MR) is 95.2 cm³/mol. The van der Waals surface area contributed by atoms with Crippen LogP contribution in [0.25, 0.3) is 5.65 Å². The first-order valence-corrected chi connectivity index (χ1v) is 8.76. The summed E-state index contributed by atoms with van der Waals surface area (Å²) in [5, 5.41) is 17.6. The van der Waals surface area contributed by atoms with Crippen molar-refractivity contribution < 1.29 is 9.53 Å². The van der Waals surface area contributed by atoms with E-state index >= 15 is 0 Å². The van der Waals surface area contributed by atoms with Crippen LogP contribution in [0.3, 0.4) is 0 Å². The number of benzene rings is 1. The van der Waals surface area contributed by atoms with E-state index in [0.717, 1.165) is 5.69 Å². The molecule has 0 atom stereocenters. The normalized spacial score (nSPS) is 10.4. The van der Waals surface area contributed by atoms with Gasteiger partial charge in [0.25, 0.3) is 0 Å². The van der Waals surface area contributed by atoms with Gasteiger partial charge in [-0.15, -0.1) is 11.8 Å². The molecule has 8 heteroatoms. The number of nitrogens with one attached hydrogen (secondary N) is 1. The van der Waals surface area contributed by atoms with E-state index in [0.29, 0.717) is 34.2 Å². The number of aromatic nitrogens is 3. The summed E-state index contributed by atoms with van der Waals surface area (Å²) in [5.74, 6) is 0.167. The Balaban J connectivity index is 1.99.